The molecule has 0 radical (unpaired) electrons. The maximum atomic E-state index is 13.2. The van der Waals surface area contributed by atoms with Crippen LogP contribution in [0.5, 0.6) is 0 Å². The highest BCUT2D eigenvalue weighted by molar-refractivity contribution is 7.15. The van der Waals surface area contributed by atoms with Crippen LogP contribution in [0.2, 0.25) is 0 Å². The van der Waals surface area contributed by atoms with E-state index in [-0.39, 0.29) is 12.3 Å². The molecule has 100 valence electrons. The summed E-state index contributed by atoms with van der Waals surface area (Å²) in [5.74, 6) is -2.71. The number of hydrogen-bond acceptors (Lipinski definition) is 2. The first-order chi connectivity index (χ1) is 8.97. The molecule has 19 heavy (non-hydrogen) atoms. The van der Waals surface area contributed by atoms with Crippen molar-refractivity contribution in [2.45, 2.75) is 19.3 Å². The Bertz CT molecular complexity index is 607. The number of halogens is 2. The summed E-state index contributed by atoms with van der Waals surface area (Å²) < 4.78 is 26.0. The lowest BCUT2D eigenvalue weighted by Gasteiger charge is -2.04. The zero-order valence-electron chi connectivity index (χ0n) is 10.2. The molecule has 0 amide bonds. The Labute approximate surface area is 113 Å². The largest absolute Gasteiger partial charge is 0.481 e. The van der Waals surface area contributed by atoms with Gasteiger partial charge in [-0.25, -0.2) is 8.78 Å². The predicted molar refractivity (Wildman–Crippen MR) is 70.3 cm³/mol. The van der Waals surface area contributed by atoms with Gasteiger partial charge in [0.15, 0.2) is 11.6 Å². The summed E-state index contributed by atoms with van der Waals surface area (Å²) in [6.45, 7) is 1.83. The molecule has 5 heteroatoms. The molecule has 1 unspecified atom stereocenters. The molecule has 0 saturated heterocycles. The van der Waals surface area contributed by atoms with Gasteiger partial charge in [0.1, 0.15) is 0 Å². The first-order valence-electron chi connectivity index (χ1n) is 5.74. The molecule has 0 saturated carbocycles. The van der Waals surface area contributed by atoms with E-state index in [0.717, 1.165) is 21.9 Å². The lowest BCUT2D eigenvalue weighted by atomic mass is 10.1. The molecule has 0 spiro atoms. The van der Waals surface area contributed by atoms with Gasteiger partial charge in [0.05, 0.1) is 6.42 Å². The molecule has 1 aromatic carbocycles. The van der Waals surface area contributed by atoms with Crippen LogP contribution >= 0.6 is 11.3 Å². The molecule has 0 aliphatic heterocycles. The minimum absolute atomic E-state index is 0.0533. The second-order valence-corrected chi connectivity index (χ2v) is 5.45. The van der Waals surface area contributed by atoms with Crippen molar-refractivity contribution < 1.29 is 18.7 Å². The van der Waals surface area contributed by atoms with E-state index < -0.39 is 17.6 Å². The molecular formula is C14H12F2O2S. The van der Waals surface area contributed by atoms with Gasteiger partial charge in [-0.05, 0) is 29.8 Å². The SMILES string of the molecule is CC(CC(=O)O)c1ccc(-c2ccc(F)c(F)c2)s1. The number of carboxylic acids is 1. The second kappa shape index (κ2) is 5.48. The van der Waals surface area contributed by atoms with Gasteiger partial charge >= 0.3 is 5.97 Å². The topological polar surface area (TPSA) is 37.3 Å². The van der Waals surface area contributed by atoms with Crippen LogP contribution < -0.4 is 0 Å². The Morgan fingerprint density at radius 2 is 2.00 bits per heavy atom. The fraction of sp³-hybridized carbons (Fsp3) is 0.214. The molecule has 0 aliphatic rings. The molecule has 1 aromatic heterocycles. The Kier molecular flexibility index (Phi) is 3.95. The third-order valence-electron chi connectivity index (χ3n) is 2.80. The van der Waals surface area contributed by atoms with E-state index in [1.807, 2.05) is 13.0 Å². The van der Waals surface area contributed by atoms with Crippen LogP contribution in [0.25, 0.3) is 10.4 Å². The number of carboxylic acid groups (broad SMARTS) is 1. The quantitative estimate of drug-likeness (QED) is 0.909. The number of thiophene rings is 1. The van der Waals surface area contributed by atoms with Crippen LogP contribution in [0.3, 0.4) is 0 Å². The van der Waals surface area contributed by atoms with Crippen molar-refractivity contribution in [3.8, 4) is 10.4 Å². The second-order valence-electron chi connectivity index (χ2n) is 4.33. The van der Waals surface area contributed by atoms with Gasteiger partial charge in [-0.15, -0.1) is 11.3 Å². The molecule has 0 aliphatic carbocycles. The Hall–Kier alpha value is -1.75. The van der Waals surface area contributed by atoms with Crippen molar-refractivity contribution in [2.75, 3.05) is 0 Å². The fourth-order valence-electron chi connectivity index (χ4n) is 1.78. The standard InChI is InChI=1S/C14H12F2O2S/c1-8(6-14(17)18)12-4-5-13(19-12)9-2-3-10(15)11(16)7-9/h2-5,7-8H,6H2,1H3,(H,17,18). The molecule has 2 rings (SSSR count). The highest BCUT2D eigenvalue weighted by Crippen LogP contribution is 2.33. The van der Waals surface area contributed by atoms with Crippen molar-refractivity contribution in [3.63, 3.8) is 0 Å². The van der Waals surface area contributed by atoms with E-state index in [2.05, 4.69) is 0 Å². The third kappa shape index (κ3) is 3.17. The summed E-state index contributed by atoms with van der Waals surface area (Å²) in [5, 5.41) is 8.75. The van der Waals surface area contributed by atoms with E-state index in [0.29, 0.717) is 5.56 Å². The van der Waals surface area contributed by atoms with Crippen LogP contribution in [-0.4, -0.2) is 11.1 Å². The van der Waals surface area contributed by atoms with Gasteiger partial charge < -0.3 is 5.11 Å². The van der Waals surface area contributed by atoms with Crippen molar-refractivity contribution >= 4 is 17.3 Å². The molecule has 1 N–H and O–H groups in total. The zero-order valence-corrected chi connectivity index (χ0v) is 11.0. The van der Waals surface area contributed by atoms with E-state index in [1.54, 1.807) is 6.07 Å². The molecular weight excluding hydrogens is 270 g/mol. The molecule has 1 heterocycles. The van der Waals surface area contributed by atoms with Gasteiger partial charge in [-0.2, -0.15) is 0 Å². The molecule has 0 fully saturated rings. The van der Waals surface area contributed by atoms with Crippen LogP contribution in [-0.2, 0) is 4.79 Å². The summed E-state index contributed by atoms with van der Waals surface area (Å²) in [7, 11) is 0. The summed E-state index contributed by atoms with van der Waals surface area (Å²) in [6.07, 6.45) is 0.0533. The smallest absolute Gasteiger partial charge is 0.303 e. The van der Waals surface area contributed by atoms with Crippen molar-refractivity contribution in [3.05, 3.63) is 46.8 Å². The number of benzene rings is 1. The van der Waals surface area contributed by atoms with Gasteiger partial charge in [0.25, 0.3) is 0 Å². The maximum Gasteiger partial charge on any atom is 0.303 e. The molecule has 1 atom stereocenters. The highest BCUT2D eigenvalue weighted by Gasteiger charge is 2.14. The number of hydrogen-bond donors (Lipinski definition) is 1. The van der Waals surface area contributed by atoms with Crippen LogP contribution in [0.1, 0.15) is 24.1 Å². The van der Waals surface area contributed by atoms with E-state index in [1.165, 1.54) is 17.4 Å². The average molecular weight is 282 g/mol. The first kappa shape index (κ1) is 13.7. The fourth-order valence-corrected chi connectivity index (χ4v) is 2.84. The Morgan fingerprint density at radius 1 is 1.26 bits per heavy atom. The van der Waals surface area contributed by atoms with Crippen molar-refractivity contribution in [1.29, 1.82) is 0 Å². The van der Waals surface area contributed by atoms with Gasteiger partial charge in [0.2, 0.25) is 0 Å². The number of carbonyl (C=O) groups is 1. The lowest BCUT2D eigenvalue weighted by Crippen LogP contribution is -2.00. The summed E-state index contributed by atoms with van der Waals surface area (Å²) in [4.78, 5) is 12.4. The minimum atomic E-state index is -0.883. The van der Waals surface area contributed by atoms with E-state index in [9.17, 15) is 13.6 Å². The average Bonchev–Trinajstić information content (AvgIpc) is 2.81. The highest BCUT2D eigenvalue weighted by atomic mass is 32.1. The number of rotatable bonds is 4. The third-order valence-corrected chi connectivity index (χ3v) is 4.16. The first-order valence-corrected chi connectivity index (χ1v) is 6.56. The van der Waals surface area contributed by atoms with E-state index in [4.69, 9.17) is 5.11 Å². The molecule has 2 aromatic rings. The molecule has 2 nitrogen and oxygen atoms in total. The molecule has 0 bridgehead atoms. The van der Waals surface area contributed by atoms with Gasteiger partial charge in [-0.3, -0.25) is 4.79 Å². The minimum Gasteiger partial charge on any atom is -0.481 e. The van der Waals surface area contributed by atoms with Crippen molar-refractivity contribution in [2.24, 2.45) is 0 Å². The zero-order chi connectivity index (χ0) is 14.0. The normalized spacial score (nSPS) is 12.4. The summed E-state index contributed by atoms with van der Waals surface area (Å²) in [6, 6.07) is 7.37. The van der Waals surface area contributed by atoms with E-state index >= 15 is 0 Å². The van der Waals surface area contributed by atoms with Crippen LogP contribution in [0.4, 0.5) is 8.78 Å². The summed E-state index contributed by atoms with van der Waals surface area (Å²) >= 11 is 1.40. The van der Waals surface area contributed by atoms with Gasteiger partial charge in [-0.1, -0.05) is 13.0 Å². The van der Waals surface area contributed by atoms with Crippen LogP contribution in [0, 0.1) is 11.6 Å². The van der Waals surface area contributed by atoms with Crippen molar-refractivity contribution in [1.82, 2.24) is 0 Å². The van der Waals surface area contributed by atoms with Gasteiger partial charge in [0, 0.05) is 15.7 Å². The number of aliphatic carboxylic acids is 1. The Balaban J connectivity index is 2.25. The lowest BCUT2D eigenvalue weighted by molar-refractivity contribution is -0.137. The maximum absolute atomic E-state index is 13.2. The van der Waals surface area contributed by atoms with Crippen LogP contribution in [0.15, 0.2) is 30.3 Å². The summed E-state index contributed by atoms with van der Waals surface area (Å²) in [5.41, 5.74) is 0.595. The predicted octanol–water partition coefficient (Wildman–Crippen LogP) is 4.27. The Morgan fingerprint density at radius 3 is 2.63 bits per heavy atom. The monoisotopic (exact) mass is 282 g/mol.